The molecule has 0 bridgehead atoms. The van der Waals surface area contributed by atoms with Crippen LogP contribution in [0.25, 0.3) is 0 Å². The number of aliphatic hydroxyl groups excluding tert-OH is 1. The van der Waals surface area contributed by atoms with Gasteiger partial charge in [-0.1, -0.05) is 78.9 Å². The van der Waals surface area contributed by atoms with Crippen molar-refractivity contribution in [2.45, 2.75) is 125 Å². The van der Waals surface area contributed by atoms with E-state index in [4.69, 9.17) is 0 Å². The zero-order chi connectivity index (χ0) is 23.3. The fourth-order valence-electron chi connectivity index (χ4n) is 9.34. The largest absolute Gasteiger partial charge is 0.393 e. The Balaban J connectivity index is 1.68. The Morgan fingerprint density at radius 3 is 2.56 bits per heavy atom. The van der Waals surface area contributed by atoms with E-state index in [9.17, 15) is 9.90 Å². The molecule has 0 aliphatic heterocycles. The van der Waals surface area contributed by atoms with Gasteiger partial charge in [-0.05, 0) is 85.4 Å². The zero-order valence-corrected chi connectivity index (χ0v) is 21.9. The summed E-state index contributed by atoms with van der Waals surface area (Å²) in [6, 6.07) is 0. The molecule has 4 aliphatic rings. The summed E-state index contributed by atoms with van der Waals surface area (Å²) in [7, 11) is 0. The van der Waals surface area contributed by atoms with Crippen LogP contribution < -0.4 is 0 Å². The predicted octanol–water partition coefficient (Wildman–Crippen LogP) is 7.74. The first-order chi connectivity index (χ1) is 15.1. The Hall–Kier alpha value is -0.630. The third-order valence-corrected chi connectivity index (χ3v) is 11.2. The molecule has 3 fully saturated rings. The molecule has 8 atom stereocenters. The number of fused-ring (bicyclic) bond motifs is 5. The van der Waals surface area contributed by atoms with E-state index in [-0.39, 0.29) is 22.3 Å². The van der Waals surface area contributed by atoms with Gasteiger partial charge in [-0.15, -0.1) is 0 Å². The van der Waals surface area contributed by atoms with Crippen LogP contribution in [0.2, 0.25) is 0 Å². The summed E-state index contributed by atoms with van der Waals surface area (Å²) < 4.78 is 0. The van der Waals surface area contributed by atoms with Gasteiger partial charge in [0.2, 0.25) is 0 Å². The Morgan fingerprint density at radius 2 is 1.88 bits per heavy atom. The van der Waals surface area contributed by atoms with E-state index in [0.29, 0.717) is 29.5 Å². The molecular formula is C30H50O2. The smallest absolute Gasteiger partial charge is 0.143 e. The highest BCUT2D eigenvalue weighted by atomic mass is 16.3. The van der Waals surface area contributed by atoms with Crippen molar-refractivity contribution in [2.75, 3.05) is 0 Å². The van der Waals surface area contributed by atoms with E-state index in [2.05, 4.69) is 47.6 Å². The molecule has 2 heteroatoms. The van der Waals surface area contributed by atoms with Crippen LogP contribution in [-0.2, 0) is 4.79 Å². The molecule has 0 amide bonds. The Morgan fingerprint density at radius 1 is 1.12 bits per heavy atom. The van der Waals surface area contributed by atoms with Crippen molar-refractivity contribution in [3.8, 4) is 0 Å². The average molecular weight is 443 g/mol. The van der Waals surface area contributed by atoms with E-state index in [1.54, 1.807) is 5.57 Å². The molecule has 0 saturated heterocycles. The van der Waals surface area contributed by atoms with Crippen molar-refractivity contribution in [3.63, 3.8) is 0 Å². The maximum absolute atomic E-state index is 14.1. The quantitative estimate of drug-likeness (QED) is 0.409. The molecule has 1 N–H and O–H groups in total. The first-order valence-corrected chi connectivity index (χ1v) is 14.0. The third kappa shape index (κ3) is 3.57. The second-order valence-corrected chi connectivity index (χ2v) is 13.2. The number of Topliss-reactive ketones (excluding diaryl/α,β-unsaturated/α-hetero) is 1. The summed E-state index contributed by atoms with van der Waals surface area (Å²) in [4.78, 5) is 14.1. The molecule has 32 heavy (non-hydrogen) atoms. The third-order valence-electron chi connectivity index (χ3n) is 11.2. The van der Waals surface area contributed by atoms with E-state index in [0.717, 1.165) is 50.9 Å². The first-order valence-electron chi connectivity index (χ1n) is 14.0. The molecule has 0 aromatic rings. The van der Waals surface area contributed by atoms with Crippen molar-refractivity contribution < 1.29 is 9.90 Å². The van der Waals surface area contributed by atoms with Gasteiger partial charge >= 0.3 is 0 Å². The van der Waals surface area contributed by atoms with Crippen LogP contribution >= 0.6 is 0 Å². The van der Waals surface area contributed by atoms with Gasteiger partial charge in [-0.25, -0.2) is 0 Å². The fraction of sp³-hybridized carbons (Fsp3) is 0.900. The summed E-state index contributed by atoms with van der Waals surface area (Å²) >= 11 is 0. The zero-order valence-electron chi connectivity index (χ0n) is 21.9. The summed E-state index contributed by atoms with van der Waals surface area (Å²) in [6.07, 6.45) is 15.8. The molecular weight excluding hydrogens is 392 g/mol. The van der Waals surface area contributed by atoms with Crippen molar-refractivity contribution in [3.05, 3.63) is 11.6 Å². The summed E-state index contributed by atoms with van der Waals surface area (Å²) in [6.45, 7) is 14.4. The SMILES string of the molecule is CCC[C@@]12C(=O)C[C@H]([C@H](C)CCCC(C)C)[C@@]1(C)CC[C@H]1C2=CC[C@H]2C[C@@H](O)CC[C@@]21C. The minimum Gasteiger partial charge on any atom is -0.393 e. The van der Waals surface area contributed by atoms with Crippen molar-refractivity contribution in [1.82, 2.24) is 0 Å². The van der Waals surface area contributed by atoms with E-state index < -0.39 is 0 Å². The van der Waals surface area contributed by atoms with Crippen LogP contribution in [0.4, 0.5) is 0 Å². The second kappa shape index (κ2) is 8.86. The fourth-order valence-corrected chi connectivity index (χ4v) is 9.34. The lowest BCUT2D eigenvalue weighted by atomic mass is 9.42. The lowest BCUT2D eigenvalue weighted by Crippen LogP contribution is -2.56. The maximum atomic E-state index is 14.1. The van der Waals surface area contributed by atoms with E-state index in [1.165, 1.54) is 32.1 Å². The normalized spacial score (nSPS) is 44.6. The molecule has 0 spiro atoms. The number of carbonyl (C=O) groups is 1. The van der Waals surface area contributed by atoms with Gasteiger partial charge in [0.1, 0.15) is 5.78 Å². The second-order valence-electron chi connectivity index (χ2n) is 13.2. The van der Waals surface area contributed by atoms with Crippen molar-refractivity contribution in [2.24, 2.45) is 45.8 Å². The van der Waals surface area contributed by atoms with Crippen LogP contribution in [0.1, 0.15) is 119 Å². The van der Waals surface area contributed by atoms with Crippen molar-refractivity contribution in [1.29, 1.82) is 0 Å². The van der Waals surface area contributed by atoms with Gasteiger partial charge in [0, 0.05) is 6.42 Å². The average Bonchev–Trinajstić information content (AvgIpc) is 2.96. The van der Waals surface area contributed by atoms with Gasteiger partial charge in [0.05, 0.1) is 11.5 Å². The molecule has 4 aliphatic carbocycles. The van der Waals surface area contributed by atoms with Crippen LogP contribution in [0.15, 0.2) is 11.6 Å². The number of rotatable bonds is 7. The molecule has 2 nitrogen and oxygen atoms in total. The van der Waals surface area contributed by atoms with Crippen LogP contribution in [0.5, 0.6) is 0 Å². The minimum absolute atomic E-state index is 0.120. The molecule has 0 aromatic heterocycles. The van der Waals surface area contributed by atoms with Crippen molar-refractivity contribution >= 4 is 5.78 Å². The van der Waals surface area contributed by atoms with Gasteiger partial charge in [-0.2, -0.15) is 0 Å². The Bertz CT molecular complexity index is 737. The van der Waals surface area contributed by atoms with Gasteiger partial charge in [0.15, 0.2) is 0 Å². The minimum atomic E-state index is -0.217. The number of carbonyl (C=O) groups excluding carboxylic acids is 1. The lowest BCUT2D eigenvalue weighted by Gasteiger charge is -2.61. The predicted molar refractivity (Wildman–Crippen MR) is 133 cm³/mol. The highest BCUT2D eigenvalue weighted by Crippen LogP contribution is 2.72. The number of hydrogen-bond acceptors (Lipinski definition) is 2. The number of hydrogen-bond donors (Lipinski definition) is 1. The summed E-state index contributed by atoms with van der Waals surface area (Å²) in [5.74, 6) is 3.66. The topological polar surface area (TPSA) is 37.3 Å². The maximum Gasteiger partial charge on any atom is 0.143 e. The van der Waals surface area contributed by atoms with Gasteiger partial charge < -0.3 is 5.11 Å². The number of allylic oxidation sites excluding steroid dienone is 2. The molecule has 4 rings (SSSR count). The Kier molecular flexibility index (Phi) is 6.78. The first kappa shape index (κ1) is 24.5. The number of aliphatic hydroxyl groups is 1. The van der Waals surface area contributed by atoms with Crippen LogP contribution in [0, 0.1) is 45.8 Å². The highest BCUT2D eigenvalue weighted by Gasteiger charge is 2.68. The summed E-state index contributed by atoms with van der Waals surface area (Å²) in [5.41, 5.74) is 1.74. The van der Waals surface area contributed by atoms with Crippen LogP contribution in [-0.4, -0.2) is 17.0 Å². The number of ketones is 1. The summed E-state index contributed by atoms with van der Waals surface area (Å²) in [5, 5.41) is 10.4. The monoisotopic (exact) mass is 442 g/mol. The van der Waals surface area contributed by atoms with E-state index >= 15 is 0 Å². The Labute approximate surface area is 198 Å². The van der Waals surface area contributed by atoms with Gasteiger partial charge in [-0.3, -0.25) is 4.79 Å². The van der Waals surface area contributed by atoms with Gasteiger partial charge in [0.25, 0.3) is 0 Å². The molecule has 0 unspecified atom stereocenters. The molecule has 3 saturated carbocycles. The molecule has 0 radical (unpaired) electrons. The van der Waals surface area contributed by atoms with E-state index in [1.807, 2.05) is 0 Å². The molecule has 0 aromatic carbocycles. The highest BCUT2D eigenvalue weighted by molar-refractivity contribution is 5.92. The standard InChI is InChI=1S/C30H50O2/c1-7-15-30-25-12-11-22-18-23(31)13-16-28(22,5)24(25)14-17-29(30,6)26(19-27(30)32)21(4)10-8-9-20(2)3/h12,20-24,26,31H,7-11,13-19H2,1-6H3/t21-,22+,23+,24+,26-,28+,29-,30-/m1/s1. The molecule has 0 heterocycles. The lowest BCUT2D eigenvalue weighted by molar-refractivity contribution is -0.133. The molecule has 182 valence electrons. The van der Waals surface area contributed by atoms with Crippen LogP contribution in [0.3, 0.4) is 0 Å².